The van der Waals surface area contributed by atoms with Crippen molar-refractivity contribution in [2.45, 2.75) is 20.0 Å². The van der Waals surface area contributed by atoms with E-state index in [1.54, 1.807) is 13.8 Å². The van der Waals surface area contributed by atoms with Crippen LogP contribution in [0, 0.1) is 0 Å². The van der Waals surface area contributed by atoms with Crippen LogP contribution in [-0.4, -0.2) is 44.1 Å². The molecular formula is C16H21F3N3O4+. The molecule has 0 fully saturated rings. The summed E-state index contributed by atoms with van der Waals surface area (Å²) in [6.07, 6.45) is -5.31. The van der Waals surface area contributed by atoms with E-state index in [1.807, 2.05) is 5.32 Å². The van der Waals surface area contributed by atoms with Crippen molar-refractivity contribution in [2.75, 3.05) is 31.6 Å². The Kier molecular flexibility index (Phi) is 8.04. The van der Waals surface area contributed by atoms with Gasteiger partial charge in [-0.25, -0.2) is 4.79 Å². The number of halogens is 3. The molecule has 1 aromatic rings. The molecule has 1 rings (SSSR count). The first-order valence-electron chi connectivity index (χ1n) is 7.93. The molecule has 0 radical (unpaired) electrons. The van der Waals surface area contributed by atoms with Crippen molar-refractivity contribution >= 4 is 23.6 Å². The Bertz CT molecular complexity index is 633. The lowest BCUT2D eigenvalue weighted by molar-refractivity contribution is -0.881. The molecule has 144 valence electrons. The largest absolute Gasteiger partial charge is 0.450 e. The number of anilines is 1. The lowest BCUT2D eigenvalue weighted by Gasteiger charge is -2.16. The number of carbonyl (C=O) groups excluding carboxylic acids is 3. The molecule has 0 saturated heterocycles. The molecule has 0 bridgehead atoms. The molecule has 0 spiro atoms. The number of hydrogen-bond donors (Lipinski definition) is 3. The van der Waals surface area contributed by atoms with Gasteiger partial charge in [-0.3, -0.25) is 14.9 Å². The van der Waals surface area contributed by atoms with Gasteiger partial charge in [0, 0.05) is 5.69 Å². The van der Waals surface area contributed by atoms with Gasteiger partial charge in [-0.2, -0.15) is 13.2 Å². The van der Waals surface area contributed by atoms with Crippen molar-refractivity contribution in [3.05, 3.63) is 29.8 Å². The predicted octanol–water partition coefficient (Wildman–Crippen LogP) is 0.821. The zero-order valence-corrected chi connectivity index (χ0v) is 14.4. The summed E-state index contributed by atoms with van der Waals surface area (Å²) >= 11 is 0. The lowest BCUT2D eigenvalue weighted by atomic mass is 10.2. The van der Waals surface area contributed by atoms with Crippen molar-refractivity contribution in [2.24, 2.45) is 0 Å². The van der Waals surface area contributed by atoms with Crippen molar-refractivity contribution in [1.82, 2.24) is 5.32 Å². The van der Waals surface area contributed by atoms with E-state index in [4.69, 9.17) is 0 Å². The molecule has 1 aromatic carbocycles. The monoisotopic (exact) mass is 376 g/mol. The van der Waals surface area contributed by atoms with Gasteiger partial charge in [0.2, 0.25) is 0 Å². The van der Waals surface area contributed by atoms with Crippen molar-refractivity contribution in [3.63, 3.8) is 0 Å². The van der Waals surface area contributed by atoms with Crippen molar-refractivity contribution in [3.8, 4) is 0 Å². The van der Waals surface area contributed by atoms with Crippen LogP contribution in [-0.2, 0) is 20.5 Å². The fourth-order valence-corrected chi connectivity index (χ4v) is 2.04. The predicted molar refractivity (Wildman–Crippen MR) is 86.5 cm³/mol. The number of nitrogens with one attached hydrogen (secondary N) is 3. The van der Waals surface area contributed by atoms with Crippen LogP contribution in [0.25, 0.3) is 0 Å². The van der Waals surface area contributed by atoms with Gasteiger partial charge in [-0.1, -0.05) is 0 Å². The highest BCUT2D eigenvalue weighted by Gasteiger charge is 2.30. The third-order valence-electron chi connectivity index (χ3n) is 3.33. The van der Waals surface area contributed by atoms with Crippen LogP contribution in [0.2, 0.25) is 0 Å². The summed E-state index contributed by atoms with van der Waals surface area (Å²) in [7, 11) is 0. The van der Waals surface area contributed by atoms with Gasteiger partial charge < -0.3 is 15.0 Å². The number of alkyl carbamates (subject to hydrolysis) is 1. The zero-order valence-electron chi connectivity index (χ0n) is 14.4. The molecule has 1 atom stereocenters. The lowest BCUT2D eigenvalue weighted by Crippen LogP contribution is -3.14. The number of hydrogen-bond acceptors (Lipinski definition) is 4. The number of imide groups is 1. The second-order valence-electron chi connectivity index (χ2n) is 5.35. The standard InChI is InChI=1S/C16H20F3N3O4/c1-3-22(10-14(24)21-15(25)26-4-2)9-13(23)20-12-7-5-11(6-8-12)16(17,18)19/h5-8H,3-4,9-10H2,1-2H3,(H,20,23)(H,21,24,25)/p+1. The number of benzene rings is 1. The Morgan fingerprint density at radius 2 is 1.62 bits per heavy atom. The second-order valence-corrected chi connectivity index (χ2v) is 5.35. The maximum atomic E-state index is 12.5. The normalized spacial score (nSPS) is 12.2. The van der Waals surface area contributed by atoms with Crippen LogP contribution >= 0.6 is 0 Å². The quantitative estimate of drug-likeness (QED) is 0.658. The molecular weight excluding hydrogens is 355 g/mol. The van der Waals surface area contributed by atoms with E-state index < -0.39 is 29.6 Å². The third kappa shape index (κ3) is 7.51. The highest BCUT2D eigenvalue weighted by atomic mass is 19.4. The minimum atomic E-state index is -4.45. The highest BCUT2D eigenvalue weighted by Crippen LogP contribution is 2.29. The molecule has 7 nitrogen and oxygen atoms in total. The van der Waals surface area contributed by atoms with E-state index in [0.717, 1.165) is 24.3 Å². The first-order valence-corrected chi connectivity index (χ1v) is 7.93. The van der Waals surface area contributed by atoms with Gasteiger partial charge in [0.05, 0.1) is 18.7 Å². The molecule has 0 aliphatic heterocycles. The van der Waals surface area contributed by atoms with E-state index in [9.17, 15) is 27.6 Å². The van der Waals surface area contributed by atoms with Crippen LogP contribution in [0.3, 0.4) is 0 Å². The minimum absolute atomic E-state index is 0.0895. The van der Waals surface area contributed by atoms with Gasteiger partial charge >= 0.3 is 12.3 Å². The Hall–Kier alpha value is -2.62. The van der Waals surface area contributed by atoms with Gasteiger partial charge in [0.25, 0.3) is 11.8 Å². The summed E-state index contributed by atoms with van der Waals surface area (Å²) in [5, 5.41) is 4.50. The van der Waals surface area contributed by atoms with E-state index in [1.165, 1.54) is 0 Å². The number of likely N-dealkylation sites (N-methyl/N-ethyl adjacent to an activating group) is 1. The molecule has 0 heterocycles. The van der Waals surface area contributed by atoms with E-state index in [2.05, 4.69) is 10.1 Å². The average molecular weight is 376 g/mol. The highest BCUT2D eigenvalue weighted by molar-refractivity contribution is 5.93. The molecule has 1 unspecified atom stereocenters. The van der Waals surface area contributed by atoms with Crippen LogP contribution in [0.4, 0.5) is 23.7 Å². The number of amides is 3. The Morgan fingerprint density at radius 3 is 2.12 bits per heavy atom. The first kappa shape index (κ1) is 21.4. The van der Waals surface area contributed by atoms with Crippen LogP contribution in [0.15, 0.2) is 24.3 Å². The van der Waals surface area contributed by atoms with Crippen LogP contribution in [0.1, 0.15) is 19.4 Å². The summed E-state index contributed by atoms with van der Waals surface area (Å²) in [5.74, 6) is -1.06. The average Bonchev–Trinajstić information content (AvgIpc) is 2.53. The number of ether oxygens (including phenoxy) is 1. The van der Waals surface area contributed by atoms with E-state index >= 15 is 0 Å². The summed E-state index contributed by atoms with van der Waals surface area (Å²) in [6.45, 7) is 3.68. The number of quaternary nitrogens is 1. The molecule has 0 saturated carbocycles. The molecule has 10 heteroatoms. The summed E-state index contributed by atoms with van der Waals surface area (Å²) in [5.41, 5.74) is -0.596. The fraction of sp³-hybridized carbons (Fsp3) is 0.438. The summed E-state index contributed by atoms with van der Waals surface area (Å²) in [6, 6.07) is 4.04. The smallest absolute Gasteiger partial charge is 0.416 e. The molecule has 3 N–H and O–H groups in total. The molecule has 0 aliphatic rings. The number of alkyl halides is 3. The van der Waals surface area contributed by atoms with Gasteiger partial charge in [0.15, 0.2) is 13.1 Å². The maximum Gasteiger partial charge on any atom is 0.416 e. The minimum Gasteiger partial charge on any atom is -0.450 e. The van der Waals surface area contributed by atoms with Gasteiger partial charge in [0.1, 0.15) is 0 Å². The number of carbonyl (C=O) groups is 3. The van der Waals surface area contributed by atoms with E-state index in [-0.39, 0.29) is 25.4 Å². The summed E-state index contributed by atoms with van der Waals surface area (Å²) < 4.78 is 42.1. The molecule has 0 aliphatic carbocycles. The van der Waals surface area contributed by atoms with Crippen molar-refractivity contribution < 1.29 is 37.2 Å². The Labute approximate surface area is 148 Å². The third-order valence-corrected chi connectivity index (χ3v) is 3.33. The summed E-state index contributed by atoms with van der Waals surface area (Å²) in [4.78, 5) is 35.4. The SMILES string of the molecule is CCOC(=O)NC(=O)C[NH+](CC)CC(=O)Nc1ccc(C(F)(F)F)cc1. The Balaban J connectivity index is 2.53. The van der Waals surface area contributed by atoms with Gasteiger partial charge in [-0.15, -0.1) is 0 Å². The number of rotatable bonds is 7. The topological polar surface area (TPSA) is 88.9 Å². The molecule has 3 amide bonds. The van der Waals surface area contributed by atoms with E-state index in [0.29, 0.717) is 11.4 Å². The molecule has 0 aromatic heterocycles. The van der Waals surface area contributed by atoms with Crippen molar-refractivity contribution in [1.29, 1.82) is 0 Å². The Morgan fingerprint density at radius 1 is 1.04 bits per heavy atom. The van der Waals surface area contributed by atoms with Gasteiger partial charge in [-0.05, 0) is 38.1 Å². The second kappa shape index (κ2) is 9.76. The van der Waals surface area contributed by atoms with Crippen LogP contribution in [0.5, 0.6) is 0 Å². The first-order chi connectivity index (χ1) is 12.2. The maximum absolute atomic E-state index is 12.5. The fourth-order valence-electron chi connectivity index (χ4n) is 2.04. The zero-order chi connectivity index (χ0) is 19.7. The molecule has 26 heavy (non-hydrogen) atoms. The van der Waals surface area contributed by atoms with Crippen LogP contribution < -0.4 is 15.5 Å².